The molecule has 3 heterocycles. The minimum absolute atomic E-state index is 0.000565. The molecule has 4 rings (SSSR count). The monoisotopic (exact) mass is 341 g/mol. The molecule has 2 aromatic rings. The van der Waals surface area contributed by atoms with E-state index in [2.05, 4.69) is 15.2 Å². The molecule has 25 heavy (non-hydrogen) atoms. The zero-order chi connectivity index (χ0) is 17.1. The smallest absolute Gasteiger partial charge is 0.267 e. The van der Waals surface area contributed by atoms with Crippen LogP contribution in [0.15, 0.2) is 30.3 Å². The summed E-state index contributed by atoms with van der Waals surface area (Å²) in [4.78, 5) is 18.3. The van der Waals surface area contributed by atoms with Gasteiger partial charge in [0.25, 0.3) is 5.91 Å². The highest BCUT2D eigenvalue weighted by Crippen LogP contribution is 2.23. The fourth-order valence-corrected chi connectivity index (χ4v) is 4.17. The molecule has 0 radical (unpaired) electrons. The second-order valence-corrected chi connectivity index (χ2v) is 7.33. The van der Waals surface area contributed by atoms with E-state index in [1.54, 1.807) is 0 Å². The van der Waals surface area contributed by atoms with Gasteiger partial charge in [-0.15, -0.1) is 0 Å². The van der Waals surface area contributed by atoms with E-state index in [-0.39, 0.29) is 5.91 Å². The summed E-state index contributed by atoms with van der Waals surface area (Å²) in [6, 6.07) is 10.6. The molecule has 0 saturated carbocycles. The molecule has 2 aliphatic heterocycles. The topological polar surface area (TPSA) is 57.4 Å². The molecule has 2 fully saturated rings. The third kappa shape index (κ3) is 3.88. The van der Waals surface area contributed by atoms with Crippen LogP contribution in [-0.4, -0.2) is 54.7 Å². The van der Waals surface area contributed by atoms with E-state index in [0.29, 0.717) is 17.7 Å². The lowest BCUT2D eigenvalue weighted by atomic mass is 9.94. The van der Waals surface area contributed by atoms with E-state index >= 15 is 0 Å². The Bertz CT molecular complexity index is 688. The van der Waals surface area contributed by atoms with Crippen LogP contribution in [0.1, 0.15) is 36.2 Å². The van der Waals surface area contributed by atoms with Crippen LogP contribution < -0.4 is 5.32 Å². The van der Waals surface area contributed by atoms with Gasteiger partial charge in [-0.3, -0.25) is 9.69 Å². The summed E-state index contributed by atoms with van der Waals surface area (Å²) in [6.45, 7) is 4.83. The molecule has 0 aliphatic carbocycles. The van der Waals surface area contributed by atoms with Gasteiger partial charge in [0.2, 0.25) is 0 Å². The van der Waals surface area contributed by atoms with Crippen molar-refractivity contribution < 1.29 is 9.53 Å². The molecule has 1 amide bonds. The number of rotatable bonds is 4. The van der Waals surface area contributed by atoms with E-state index in [1.165, 1.54) is 19.4 Å². The number of likely N-dealkylation sites (tertiary alicyclic amines) is 1. The van der Waals surface area contributed by atoms with Gasteiger partial charge in [-0.1, -0.05) is 18.2 Å². The average molecular weight is 341 g/mol. The maximum atomic E-state index is 12.5. The first-order chi connectivity index (χ1) is 12.3. The third-order valence-electron chi connectivity index (χ3n) is 5.58. The zero-order valence-electron chi connectivity index (χ0n) is 14.7. The summed E-state index contributed by atoms with van der Waals surface area (Å²) in [6.07, 6.45) is 4.72. The van der Waals surface area contributed by atoms with Gasteiger partial charge in [-0.25, -0.2) is 0 Å². The van der Waals surface area contributed by atoms with Crippen molar-refractivity contribution in [3.8, 4) is 0 Å². The van der Waals surface area contributed by atoms with E-state index < -0.39 is 0 Å². The number of nitrogens with zero attached hydrogens (tertiary/aromatic N) is 1. The van der Waals surface area contributed by atoms with E-state index in [4.69, 9.17) is 4.74 Å². The summed E-state index contributed by atoms with van der Waals surface area (Å²) >= 11 is 0. The summed E-state index contributed by atoms with van der Waals surface area (Å²) in [5, 5.41) is 4.21. The average Bonchev–Trinajstić information content (AvgIpc) is 3.11. The number of para-hydroxylation sites is 1. The molecule has 0 spiro atoms. The Morgan fingerprint density at radius 2 is 2.08 bits per heavy atom. The number of aromatic amines is 1. The molecule has 5 heteroatoms. The fraction of sp³-hybridized carbons (Fsp3) is 0.550. The number of nitrogens with one attached hydrogen (secondary N) is 2. The molecule has 1 aromatic carbocycles. The number of aromatic nitrogens is 1. The Kier molecular flexibility index (Phi) is 5.04. The van der Waals surface area contributed by atoms with Gasteiger partial charge < -0.3 is 15.0 Å². The highest BCUT2D eigenvalue weighted by Gasteiger charge is 2.27. The highest BCUT2D eigenvalue weighted by molar-refractivity contribution is 5.97. The Morgan fingerprint density at radius 3 is 2.92 bits per heavy atom. The van der Waals surface area contributed by atoms with Gasteiger partial charge >= 0.3 is 0 Å². The number of carbonyl (C=O) groups is 1. The van der Waals surface area contributed by atoms with Crippen LogP contribution in [-0.2, 0) is 4.74 Å². The molecular weight excluding hydrogens is 314 g/mol. The number of benzene rings is 1. The Balaban J connectivity index is 1.31. The second kappa shape index (κ2) is 7.58. The number of carbonyl (C=O) groups excluding carboxylic acids is 1. The highest BCUT2D eigenvalue weighted by atomic mass is 16.5. The molecule has 1 atom stereocenters. The first-order valence-electron chi connectivity index (χ1n) is 9.47. The van der Waals surface area contributed by atoms with Gasteiger partial charge in [-0.05, 0) is 50.3 Å². The Hall–Kier alpha value is -1.85. The first-order valence-corrected chi connectivity index (χ1v) is 9.47. The maximum Gasteiger partial charge on any atom is 0.267 e. The molecule has 2 saturated heterocycles. The Labute approximate surface area is 148 Å². The number of piperidine rings is 1. The molecule has 2 aliphatic rings. The maximum absolute atomic E-state index is 12.5. The molecule has 5 nitrogen and oxygen atoms in total. The zero-order valence-corrected chi connectivity index (χ0v) is 14.7. The molecule has 1 unspecified atom stereocenters. The van der Waals surface area contributed by atoms with E-state index in [1.807, 2.05) is 30.3 Å². The van der Waals surface area contributed by atoms with Crippen LogP contribution in [0.25, 0.3) is 10.9 Å². The van der Waals surface area contributed by atoms with Crippen LogP contribution in [0, 0.1) is 5.92 Å². The van der Waals surface area contributed by atoms with Crippen LogP contribution in [0.2, 0.25) is 0 Å². The number of fused-ring (bicyclic) bond motifs is 1. The number of ether oxygens (including phenoxy) is 1. The van der Waals surface area contributed by atoms with Crippen LogP contribution >= 0.6 is 0 Å². The van der Waals surface area contributed by atoms with Gasteiger partial charge in [0, 0.05) is 43.2 Å². The third-order valence-corrected chi connectivity index (χ3v) is 5.58. The van der Waals surface area contributed by atoms with E-state index in [9.17, 15) is 4.79 Å². The standard InChI is InChI=1S/C20H27N3O2/c24-20(19-12-16-5-1-2-6-18(16)22-19)21-13-15-4-3-9-23(14-15)17-7-10-25-11-8-17/h1-2,5-6,12,15,17,22H,3-4,7-11,13-14H2,(H,21,24). The molecule has 0 bridgehead atoms. The lowest BCUT2D eigenvalue weighted by Gasteiger charge is -2.40. The SMILES string of the molecule is O=C(NCC1CCCN(C2CCOCC2)C1)c1cc2ccccc2[nH]1. The summed E-state index contributed by atoms with van der Waals surface area (Å²) in [5.74, 6) is 0.546. The van der Waals surface area contributed by atoms with Crippen molar-refractivity contribution in [1.29, 1.82) is 0 Å². The lowest BCUT2D eigenvalue weighted by Crippen LogP contribution is -2.47. The number of amides is 1. The van der Waals surface area contributed by atoms with Crippen LogP contribution in [0.5, 0.6) is 0 Å². The summed E-state index contributed by atoms with van der Waals surface area (Å²) in [7, 11) is 0. The second-order valence-electron chi connectivity index (χ2n) is 7.33. The van der Waals surface area contributed by atoms with Crippen LogP contribution in [0.3, 0.4) is 0 Å². The molecule has 134 valence electrons. The van der Waals surface area contributed by atoms with Crippen LogP contribution in [0.4, 0.5) is 0 Å². The summed E-state index contributed by atoms with van der Waals surface area (Å²) in [5.41, 5.74) is 1.66. The van der Waals surface area contributed by atoms with Crippen molar-refractivity contribution >= 4 is 16.8 Å². The van der Waals surface area contributed by atoms with Gasteiger partial charge in [0.1, 0.15) is 5.69 Å². The fourth-order valence-electron chi connectivity index (χ4n) is 4.17. The minimum atomic E-state index is -0.000565. The largest absolute Gasteiger partial charge is 0.381 e. The van der Waals surface area contributed by atoms with Crippen molar-refractivity contribution in [2.24, 2.45) is 5.92 Å². The van der Waals surface area contributed by atoms with Crippen molar-refractivity contribution in [3.05, 3.63) is 36.0 Å². The summed E-state index contributed by atoms with van der Waals surface area (Å²) < 4.78 is 5.48. The Morgan fingerprint density at radius 1 is 1.24 bits per heavy atom. The normalized spacial score (nSPS) is 23.0. The van der Waals surface area contributed by atoms with Crippen molar-refractivity contribution in [3.63, 3.8) is 0 Å². The number of hydrogen-bond acceptors (Lipinski definition) is 3. The van der Waals surface area contributed by atoms with Crippen molar-refractivity contribution in [2.45, 2.75) is 31.7 Å². The van der Waals surface area contributed by atoms with Gasteiger partial charge in [-0.2, -0.15) is 0 Å². The number of H-pyrrole nitrogens is 1. The van der Waals surface area contributed by atoms with Crippen molar-refractivity contribution in [1.82, 2.24) is 15.2 Å². The van der Waals surface area contributed by atoms with E-state index in [0.717, 1.165) is 50.0 Å². The predicted octanol–water partition coefficient (Wildman–Crippen LogP) is 2.79. The molecular formula is C20H27N3O2. The quantitative estimate of drug-likeness (QED) is 0.899. The molecule has 2 N–H and O–H groups in total. The first kappa shape index (κ1) is 16.6. The predicted molar refractivity (Wildman–Crippen MR) is 98.8 cm³/mol. The van der Waals surface area contributed by atoms with Gasteiger partial charge in [0.05, 0.1) is 0 Å². The molecule has 1 aromatic heterocycles. The lowest BCUT2D eigenvalue weighted by molar-refractivity contribution is 0.0179. The minimum Gasteiger partial charge on any atom is -0.381 e. The van der Waals surface area contributed by atoms with Crippen molar-refractivity contribution in [2.75, 3.05) is 32.8 Å². The van der Waals surface area contributed by atoms with Gasteiger partial charge in [0.15, 0.2) is 0 Å². The number of hydrogen-bond donors (Lipinski definition) is 2.